The van der Waals surface area contributed by atoms with Crippen LogP contribution in [0.5, 0.6) is 0 Å². The van der Waals surface area contributed by atoms with Crippen molar-refractivity contribution < 1.29 is 0 Å². The lowest BCUT2D eigenvalue weighted by Gasteiger charge is -2.35. The SMILES string of the molecule is CCCCC1(CCCC)c2cc(C)ccc2-c2ccc(N(c3ccc(-c4ccc(N(c5ccc(-c6ccc7ccccc7c6)cc5)c5cccc6c5-c5ccccc5C65c6ccccc6-c6ccccc65)cc4)c(C)c3)c3ccc4c(c3)C(CCCC)(CCCC)c3cc(C)ccc3-4)cc21. The topological polar surface area (TPSA) is 6.48 Å². The molecule has 0 aromatic heterocycles. The summed E-state index contributed by atoms with van der Waals surface area (Å²) in [6.07, 6.45) is 14.1. The van der Waals surface area contributed by atoms with Crippen LogP contribution >= 0.6 is 0 Å². The molecule has 0 amide bonds. The first-order valence-corrected chi connectivity index (χ1v) is 37.5. The van der Waals surface area contributed by atoms with Crippen LogP contribution in [0.1, 0.15) is 166 Å². The molecule has 17 rings (SSSR count). The van der Waals surface area contributed by atoms with E-state index >= 15 is 0 Å². The smallest absolute Gasteiger partial charge is 0.0726 e. The van der Waals surface area contributed by atoms with Gasteiger partial charge in [0.25, 0.3) is 0 Å². The normalized spacial score (nSPS) is 14.1. The molecule has 492 valence electrons. The molecule has 0 aliphatic heterocycles. The zero-order chi connectivity index (χ0) is 67.9. The van der Waals surface area contributed by atoms with Gasteiger partial charge in [-0.1, -0.05) is 290 Å². The first-order chi connectivity index (χ1) is 49.1. The Balaban J connectivity index is 0.806. The Morgan fingerprint density at radius 2 is 0.650 bits per heavy atom. The Morgan fingerprint density at radius 1 is 0.260 bits per heavy atom. The molecule has 0 atom stereocenters. The summed E-state index contributed by atoms with van der Waals surface area (Å²) in [5, 5.41) is 2.50. The Hall–Kier alpha value is -10.3. The molecule has 0 saturated carbocycles. The Labute approximate surface area is 593 Å². The predicted molar refractivity (Wildman–Crippen MR) is 425 cm³/mol. The number of hydrogen-bond donors (Lipinski definition) is 0. The molecular weight excluding hydrogens is 1210 g/mol. The van der Waals surface area contributed by atoms with Gasteiger partial charge < -0.3 is 9.80 Å². The second-order valence-corrected chi connectivity index (χ2v) is 29.5. The van der Waals surface area contributed by atoms with E-state index in [0.717, 1.165) is 42.7 Å². The molecule has 13 aromatic carbocycles. The minimum atomic E-state index is -0.469. The maximum absolute atomic E-state index is 2.64. The van der Waals surface area contributed by atoms with E-state index in [-0.39, 0.29) is 10.8 Å². The molecule has 13 aromatic rings. The quantitative estimate of drug-likeness (QED) is 0.0750. The van der Waals surface area contributed by atoms with Crippen LogP contribution in [0.2, 0.25) is 0 Å². The molecule has 1 spiro atoms. The summed E-state index contributed by atoms with van der Waals surface area (Å²) in [6, 6.07) is 106. The van der Waals surface area contributed by atoms with Gasteiger partial charge in [0.1, 0.15) is 0 Å². The Morgan fingerprint density at radius 3 is 1.16 bits per heavy atom. The van der Waals surface area contributed by atoms with Gasteiger partial charge in [0.05, 0.1) is 11.1 Å². The maximum atomic E-state index is 2.64. The molecule has 4 aliphatic rings. The van der Waals surface area contributed by atoms with Gasteiger partial charge in [0, 0.05) is 44.8 Å². The fraction of sp³-hybridized carbons (Fsp3) is 0.224. The van der Waals surface area contributed by atoms with E-state index in [4.69, 9.17) is 0 Å². The van der Waals surface area contributed by atoms with Crippen molar-refractivity contribution >= 4 is 44.9 Å². The molecule has 0 radical (unpaired) electrons. The summed E-state index contributed by atoms with van der Waals surface area (Å²) in [4.78, 5) is 5.15. The van der Waals surface area contributed by atoms with Crippen LogP contribution in [0.3, 0.4) is 0 Å². The summed E-state index contributed by atoms with van der Waals surface area (Å²) in [5.74, 6) is 0. The van der Waals surface area contributed by atoms with Crippen LogP contribution < -0.4 is 9.80 Å². The molecule has 4 aliphatic carbocycles. The van der Waals surface area contributed by atoms with Crippen LogP contribution in [0.25, 0.3) is 77.5 Å². The predicted octanol–water partition coefficient (Wildman–Crippen LogP) is 27.7. The highest BCUT2D eigenvalue weighted by Crippen LogP contribution is 2.65. The van der Waals surface area contributed by atoms with Gasteiger partial charge in [-0.25, -0.2) is 0 Å². The van der Waals surface area contributed by atoms with Gasteiger partial charge in [0.15, 0.2) is 0 Å². The van der Waals surface area contributed by atoms with Gasteiger partial charge in [0.2, 0.25) is 0 Å². The second-order valence-electron chi connectivity index (χ2n) is 29.5. The summed E-state index contributed by atoms with van der Waals surface area (Å²) < 4.78 is 0. The third-order valence-electron chi connectivity index (χ3n) is 23.7. The number of aryl methyl sites for hydroxylation is 3. The molecule has 0 heterocycles. The van der Waals surface area contributed by atoms with Gasteiger partial charge in [-0.15, -0.1) is 0 Å². The number of fused-ring (bicyclic) bond motifs is 17. The molecule has 2 heteroatoms. The van der Waals surface area contributed by atoms with Crippen molar-refractivity contribution in [3.8, 4) is 66.8 Å². The van der Waals surface area contributed by atoms with E-state index in [2.05, 4.69) is 331 Å². The molecule has 0 N–H and O–H groups in total. The second kappa shape index (κ2) is 25.5. The van der Waals surface area contributed by atoms with Crippen molar-refractivity contribution in [2.75, 3.05) is 9.80 Å². The fourth-order valence-corrected chi connectivity index (χ4v) is 19.0. The highest BCUT2D eigenvalue weighted by atomic mass is 15.2. The minimum absolute atomic E-state index is 0.0538. The lowest BCUT2D eigenvalue weighted by molar-refractivity contribution is 0.414. The van der Waals surface area contributed by atoms with Gasteiger partial charge in [-0.05, 0) is 241 Å². The van der Waals surface area contributed by atoms with E-state index in [1.807, 2.05) is 0 Å². The molecule has 0 bridgehead atoms. The van der Waals surface area contributed by atoms with Gasteiger partial charge >= 0.3 is 0 Å². The standard InChI is InChI=1S/C98H90N2/c1-8-12-55-96(56-13-9-2)90-59-65(5)35-50-81(90)83-53-48-76(63-92(83)96)99(77-49-54-84-82-51-36-66(6)60-91(82)97(57-14-10-3,58-15-11-4)93(84)64-77)75-47-52-78(67(7)61-75)70-41-45-74(46-42-70)100(73-43-39-69(40-44-73)72-38-37-68-25-16-17-26-71(68)62-72)94-34-24-33-89-95(94)85-29-20-23-32-88(85)98(89)86-30-21-18-27-79(86)80-28-19-22-31-87(80)98/h16-54,59-64H,8-15,55-58H2,1-7H3. The van der Waals surface area contributed by atoms with Crippen molar-refractivity contribution in [3.63, 3.8) is 0 Å². The van der Waals surface area contributed by atoms with Crippen molar-refractivity contribution in [1.29, 1.82) is 0 Å². The zero-order valence-corrected chi connectivity index (χ0v) is 59.4. The first-order valence-electron chi connectivity index (χ1n) is 37.5. The summed E-state index contributed by atoms with van der Waals surface area (Å²) in [7, 11) is 0. The summed E-state index contributed by atoms with van der Waals surface area (Å²) >= 11 is 0. The number of benzene rings is 13. The Kier molecular flexibility index (Phi) is 16.1. The van der Waals surface area contributed by atoms with Crippen LogP contribution in [-0.4, -0.2) is 0 Å². The highest BCUT2D eigenvalue weighted by molar-refractivity contribution is 6.02. The summed E-state index contributed by atoms with van der Waals surface area (Å²) in [5.41, 5.74) is 37.4. The molecule has 0 fully saturated rings. The molecule has 100 heavy (non-hydrogen) atoms. The van der Waals surface area contributed by atoms with Gasteiger partial charge in [-0.3, -0.25) is 0 Å². The highest BCUT2D eigenvalue weighted by Gasteiger charge is 2.53. The number of anilines is 6. The largest absolute Gasteiger partial charge is 0.310 e. The van der Waals surface area contributed by atoms with E-state index in [9.17, 15) is 0 Å². The number of unbranched alkanes of at least 4 members (excludes halogenated alkanes) is 4. The monoisotopic (exact) mass is 1290 g/mol. The molecule has 0 saturated heterocycles. The number of rotatable bonds is 20. The van der Waals surface area contributed by atoms with E-state index in [1.54, 1.807) is 0 Å². The van der Waals surface area contributed by atoms with E-state index < -0.39 is 5.41 Å². The average Bonchev–Trinajstić information content (AvgIpc) is 1.50. The van der Waals surface area contributed by atoms with Crippen molar-refractivity contribution in [2.45, 2.75) is 142 Å². The molecule has 0 unspecified atom stereocenters. The number of nitrogens with zero attached hydrogens (tertiary/aromatic N) is 2. The van der Waals surface area contributed by atoms with Gasteiger partial charge in [-0.2, -0.15) is 0 Å². The van der Waals surface area contributed by atoms with Crippen LogP contribution in [-0.2, 0) is 16.2 Å². The third kappa shape index (κ3) is 9.93. The number of hydrogen-bond acceptors (Lipinski definition) is 2. The zero-order valence-electron chi connectivity index (χ0n) is 59.4. The van der Waals surface area contributed by atoms with Crippen LogP contribution in [0.4, 0.5) is 34.1 Å². The summed E-state index contributed by atoms with van der Waals surface area (Å²) in [6.45, 7) is 16.4. The average molecular weight is 1300 g/mol. The van der Waals surface area contributed by atoms with Crippen molar-refractivity contribution in [1.82, 2.24) is 0 Å². The van der Waals surface area contributed by atoms with Crippen LogP contribution in [0, 0.1) is 20.8 Å². The fourth-order valence-electron chi connectivity index (χ4n) is 19.0. The lowest BCUT2D eigenvalue weighted by atomic mass is 9.70. The minimum Gasteiger partial charge on any atom is -0.310 e. The maximum Gasteiger partial charge on any atom is 0.0726 e. The lowest BCUT2D eigenvalue weighted by Crippen LogP contribution is -2.26. The van der Waals surface area contributed by atoms with E-state index in [0.29, 0.717) is 0 Å². The van der Waals surface area contributed by atoms with Crippen molar-refractivity contribution in [3.05, 3.63) is 334 Å². The third-order valence-corrected chi connectivity index (χ3v) is 23.7. The molecule has 2 nitrogen and oxygen atoms in total. The Bertz CT molecular complexity index is 5130. The van der Waals surface area contributed by atoms with Crippen molar-refractivity contribution in [2.24, 2.45) is 0 Å². The van der Waals surface area contributed by atoms with Crippen LogP contribution in [0.15, 0.2) is 273 Å². The van der Waals surface area contributed by atoms with E-state index in [1.165, 1.54) is 207 Å². The first kappa shape index (κ1) is 63.2. The molecular formula is C98H90N2.